The quantitative estimate of drug-likeness (QED) is 0.555. The first-order chi connectivity index (χ1) is 13.5. The highest BCUT2D eigenvalue weighted by atomic mass is 16.6. The van der Waals surface area contributed by atoms with Crippen LogP contribution in [0.4, 0.5) is 0 Å². The molecule has 1 aromatic carbocycles. The van der Waals surface area contributed by atoms with Gasteiger partial charge in [-0.1, -0.05) is 12.1 Å². The average Bonchev–Trinajstić information content (AvgIpc) is 2.59. The van der Waals surface area contributed by atoms with Gasteiger partial charge in [-0.15, -0.1) is 0 Å². The number of esters is 1. The summed E-state index contributed by atoms with van der Waals surface area (Å²) in [6.45, 7) is 18.3. The number of ether oxygens (including phenoxy) is 1. The first kappa shape index (κ1) is 20.5. The van der Waals surface area contributed by atoms with Crippen LogP contribution in [-0.2, 0) is 9.53 Å². The Labute approximate surface area is 169 Å². The molecule has 0 N–H and O–H groups in total. The van der Waals surface area contributed by atoms with Crippen molar-refractivity contribution in [2.75, 3.05) is 0 Å². The van der Waals surface area contributed by atoms with Crippen molar-refractivity contribution in [1.29, 1.82) is 0 Å². The van der Waals surface area contributed by atoms with E-state index in [9.17, 15) is 9.59 Å². The maximum atomic E-state index is 13.1. The molecule has 0 bridgehead atoms. The molecule has 0 radical (unpaired) electrons. The molecule has 1 aromatic heterocycles. The molecule has 0 saturated carbocycles. The molecule has 2 atom stereocenters. The predicted octanol–water partition coefficient (Wildman–Crippen LogP) is 4.56. The van der Waals surface area contributed by atoms with E-state index in [1.807, 2.05) is 0 Å². The lowest BCUT2D eigenvalue weighted by molar-refractivity contribution is -0.150. The van der Waals surface area contributed by atoms with Crippen molar-refractivity contribution < 1.29 is 13.9 Å². The Hall–Kier alpha value is -3.20. The third-order valence-electron chi connectivity index (χ3n) is 4.79. The van der Waals surface area contributed by atoms with Gasteiger partial charge in [0.2, 0.25) is 0 Å². The number of rotatable bonds is 2. The minimum atomic E-state index is -0.697. The van der Waals surface area contributed by atoms with E-state index in [0.29, 0.717) is 39.3 Å². The van der Waals surface area contributed by atoms with Crippen LogP contribution in [0.25, 0.3) is 15.8 Å². The smallest absolute Gasteiger partial charge is 0.337 e. The van der Waals surface area contributed by atoms with Crippen molar-refractivity contribution >= 4 is 22.7 Å². The van der Waals surface area contributed by atoms with Gasteiger partial charge in [0.15, 0.2) is 5.43 Å². The van der Waals surface area contributed by atoms with Gasteiger partial charge in [0.05, 0.1) is 16.7 Å². The third kappa shape index (κ3) is 3.86. The van der Waals surface area contributed by atoms with Gasteiger partial charge in [-0.3, -0.25) is 9.79 Å². The highest BCUT2D eigenvalue weighted by molar-refractivity contribution is 6.01. The summed E-state index contributed by atoms with van der Waals surface area (Å²) in [5.41, 5.74) is 1.59. The Kier molecular flexibility index (Phi) is 5.18. The summed E-state index contributed by atoms with van der Waals surface area (Å²) in [6.07, 6.45) is 0. The molecular weight excluding hydrogens is 368 g/mol. The van der Waals surface area contributed by atoms with Crippen LogP contribution in [-0.4, -0.2) is 23.3 Å². The molecule has 6 heteroatoms. The van der Waals surface area contributed by atoms with E-state index in [4.69, 9.17) is 15.7 Å². The minimum Gasteiger partial charge on any atom is -0.461 e. The number of para-hydroxylation sites is 1. The van der Waals surface area contributed by atoms with E-state index in [-0.39, 0.29) is 5.43 Å². The van der Waals surface area contributed by atoms with Crippen LogP contribution in [0, 0.1) is 13.5 Å². The molecule has 2 heterocycles. The molecule has 2 unspecified atom stereocenters. The molecule has 0 amide bonds. The van der Waals surface area contributed by atoms with Gasteiger partial charge in [0, 0.05) is 17.3 Å². The van der Waals surface area contributed by atoms with Crippen molar-refractivity contribution in [3.8, 4) is 0 Å². The lowest BCUT2D eigenvalue weighted by Gasteiger charge is -2.28. The van der Waals surface area contributed by atoms with Gasteiger partial charge in [0.1, 0.15) is 22.9 Å². The molecule has 1 aliphatic rings. The fraction of sp³-hybridized carbons (Fsp3) is 0.391. The number of aliphatic imine (C=N–C) groups is 1. The topological polar surface area (TPSA) is 73.2 Å². The van der Waals surface area contributed by atoms with Crippen LogP contribution in [0.3, 0.4) is 0 Å². The second-order valence-corrected chi connectivity index (χ2v) is 8.25. The van der Waals surface area contributed by atoms with Crippen molar-refractivity contribution in [2.24, 2.45) is 4.99 Å². The Morgan fingerprint density at radius 1 is 1.24 bits per heavy atom. The predicted molar refractivity (Wildman–Crippen MR) is 112 cm³/mol. The van der Waals surface area contributed by atoms with Gasteiger partial charge in [-0.25, -0.2) is 11.4 Å². The highest BCUT2D eigenvalue weighted by Gasteiger charge is 2.43. The van der Waals surface area contributed by atoms with Crippen molar-refractivity contribution in [1.82, 2.24) is 0 Å². The number of carbonyl (C=O) groups is 1. The average molecular weight is 392 g/mol. The Bertz CT molecular complexity index is 1160. The molecule has 2 aromatic rings. The second kappa shape index (κ2) is 7.32. The van der Waals surface area contributed by atoms with Crippen molar-refractivity contribution in [3.05, 3.63) is 68.5 Å². The van der Waals surface area contributed by atoms with Gasteiger partial charge >= 0.3 is 5.97 Å². The Balaban J connectivity index is 2.31. The van der Waals surface area contributed by atoms with Gasteiger partial charge in [-0.2, -0.15) is 0 Å². The molecular formula is C23H24N2O4. The number of hydrogen-bond donors (Lipinski definition) is 0. The number of benzene rings is 1. The van der Waals surface area contributed by atoms with E-state index in [2.05, 4.69) is 9.84 Å². The number of allylic oxidation sites excluding steroid dienone is 1. The molecule has 0 aliphatic carbocycles. The van der Waals surface area contributed by atoms with Crippen LogP contribution in [0.1, 0.15) is 51.9 Å². The summed E-state index contributed by atoms with van der Waals surface area (Å²) < 4.78 is 11.5. The monoisotopic (exact) mass is 392 g/mol. The maximum Gasteiger partial charge on any atom is 0.337 e. The first-order valence-corrected chi connectivity index (χ1v) is 9.42. The molecule has 150 valence electrons. The van der Waals surface area contributed by atoms with Gasteiger partial charge in [0.25, 0.3) is 6.04 Å². The summed E-state index contributed by atoms with van der Waals surface area (Å²) in [5.74, 6) is -0.694. The van der Waals surface area contributed by atoms with Gasteiger partial charge < -0.3 is 14.0 Å². The van der Waals surface area contributed by atoms with Crippen LogP contribution in [0.2, 0.25) is 0 Å². The fourth-order valence-electron chi connectivity index (χ4n) is 3.68. The number of aryl methyl sites for hydroxylation is 1. The van der Waals surface area contributed by atoms with Crippen molar-refractivity contribution in [3.63, 3.8) is 0 Å². The van der Waals surface area contributed by atoms with Crippen molar-refractivity contribution in [2.45, 2.75) is 59.1 Å². The zero-order chi connectivity index (χ0) is 21.5. The van der Waals surface area contributed by atoms with E-state index in [0.717, 1.165) is 0 Å². The molecule has 0 spiro atoms. The van der Waals surface area contributed by atoms with E-state index in [1.165, 1.54) is 6.07 Å². The zero-order valence-corrected chi connectivity index (χ0v) is 17.5. The maximum absolute atomic E-state index is 13.1. The third-order valence-corrected chi connectivity index (χ3v) is 4.79. The van der Waals surface area contributed by atoms with E-state index in [1.54, 1.807) is 59.7 Å². The standard InChI is InChI=1S/C23H24N2O4/c1-12-11-17(26)15-9-8-10-16(21(15)28-12)19-18(22(27)29-23(4,5)6)13(2)25-14(3)20(19)24-7/h8-11,19-20H,1-6H3. The molecule has 6 nitrogen and oxygen atoms in total. The lowest BCUT2D eigenvalue weighted by atomic mass is 9.79. The van der Waals surface area contributed by atoms with Crippen LogP contribution < -0.4 is 5.43 Å². The highest BCUT2D eigenvalue weighted by Crippen LogP contribution is 2.40. The van der Waals surface area contributed by atoms with Crippen LogP contribution in [0.5, 0.6) is 0 Å². The summed E-state index contributed by atoms with van der Waals surface area (Å²) in [7, 11) is 0. The second-order valence-electron chi connectivity index (χ2n) is 8.25. The Morgan fingerprint density at radius 2 is 1.93 bits per heavy atom. The lowest BCUT2D eigenvalue weighted by Crippen LogP contribution is -2.35. The van der Waals surface area contributed by atoms with E-state index < -0.39 is 23.5 Å². The number of carbonyl (C=O) groups excluding carboxylic acids is 1. The zero-order valence-electron chi connectivity index (χ0n) is 17.5. The summed E-state index contributed by atoms with van der Waals surface area (Å²) in [4.78, 5) is 33.8. The molecule has 0 saturated heterocycles. The summed E-state index contributed by atoms with van der Waals surface area (Å²) in [6, 6.07) is 5.96. The Morgan fingerprint density at radius 3 is 2.55 bits per heavy atom. The molecule has 0 fully saturated rings. The number of nitrogens with zero attached hydrogens (tertiary/aromatic N) is 2. The molecule has 1 aliphatic heterocycles. The SMILES string of the molecule is [C-]#[N+]C1C(C)=NC(C)=C(C(=O)OC(C)(C)C)C1c1cccc2c(=O)cc(C)oc12. The fourth-order valence-corrected chi connectivity index (χ4v) is 3.68. The largest absolute Gasteiger partial charge is 0.461 e. The first-order valence-electron chi connectivity index (χ1n) is 9.42. The number of hydrogen-bond acceptors (Lipinski definition) is 5. The summed E-state index contributed by atoms with van der Waals surface area (Å²) >= 11 is 0. The summed E-state index contributed by atoms with van der Waals surface area (Å²) in [5, 5.41) is 0.415. The minimum absolute atomic E-state index is 0.161. The van der Waals surface area contributed by atoms with E-state index >= 15 is 0 Å². The van der Waals surface area contributed by atoms with Crippen LogP contribution in [0.15, 0.2) is 49.7 Å². The van der Waals surface area contributed by atoms with Gasteiger partial charge in [-0.05, 0) is 47.6 Å². The molecule has 29 heavy (non-hydrogen) atoms. The number of fused-ring (bicyclic) bond motifs is 1. The molecule has 3 rings (SSSR count). The van der Waals surface area contributed by atoms with Crippen LogP contribution >= 0.6 is 0 Å². The normalized spacial score (nSPS) is 19.7.